The van der Waals surface area contributed by atoms with Gasteiger partial charge in [-0.15, -0.1) is 10.2 Å². The highest BCUT2D eigenvalue weighted by Gasteiger charge is 2.15. The summed E-state index contributed by atoms with van der Waals surface area (Å²) < 4.78 is 28.4. The van der Waals surface area contributed by atoms with Gasteiger partial charge in [0, 0.05) is 24.3 Å². The Morgan fingerprint density at radius 3 is 1.89 bits per heavy atom. The van der Waals surface area contributed by atoms with Crippen LogP contribution in [0.25, 0.3) is 22.4 Å². The van der Waals surface area contributed by atoms with Crippen LogP contribution >= 0.6 is 0 Å². The fourth-order valence-corrected chi connectivity index (χ4v) is 5.39. The number of nitrogens with zero attached hydrogens (tertiary/aromatic N) is 3. The minimum absolute atomic E-state index is 0.219. The third kappa shape index (κ3) is 5.52. The smallest absolute Gasteiger partial charge is 0.261 e. The van der Waals surface area contributed by atoms with Crippen LogP contribution in [-0.4, -0.2) is 31.7 Å². The van der Waals surface area contributed by atoms with E-state index in [4.69, 9.17) is 0 Å². The predicted octanol–water partition coefficient (Wildman–Crippen LogP) is 5.99. The molecule has 0 saturated carbocycles. The van der Waals surface area contributed by atoms with E-state index in [9.17, 15) is 8.42 Å². The van der Waals surface area contributed by atoms with E-state index in [1.165, 1.54) is 25.7 Å². The molecule has 6 nitrogen and oxygen atoms in total. The van der Waals surface area contributed by atoms with Crippen LogP contribution in [0, 0.1) is 0 Å². The van der Waals surface area contributed by atoms with E-state index in [2.05, 4.69) is 19.8 Å². The van der Waals surface area contributed by atoms with E-state index in [1.807, 2.05) is 66.7 Å². The standard InChI is InChI=1S/C28H28N4O2S/c33-35(34,26-16-12-23(13-17-26)22-8-4-3-5-9-22)31-25-14-10-24(11-15-25)27-18-19-28(30-29-27)32-20-6-1-2-7-21-32/h3-5,8-19,31H,1-2,6-7,20-21H2. The highest BCUT2D eigenvalue weighted by molar-refractivity contribution is 7.92. The molecule has 1 aliphatic rings. The van der Waals surface area contributed by atoms with E-state index in [0.29, 0.717) is 5.69 Å². The third-order valence-electron chi connectivity index (χ3n) is 6.29. The lowest BCUT2D eigenvalue weighted by Crippen LogP contribution is -2.25. The Balaban J connectivity index is 1.26. The zero-order valence-electron chi connectivity index (χ0n) is 19.5. The molecule has 0 unspecified atom stereocenters. The molecule has 1 aromatic heterocycles. The predicted molar refractivity (Wildman–Crippen MR) is 141 cm³/mol. The number of rotatable bonds is 6. The molecule has 0 spiro atoms. The average molecular weight is 485 g/mol. The number of hydrogen-bond donors (Lipinski definition) is 1. The van der Waals surface area contributed by atoms with Gasteiger partial charge < -0.3 is 4.90 Å². The molecule has 3 aromatic carbocycles. The first-order valence-corrected chi connectivity index (χ1v) is 13.4. The second kappa shape index (κ2) is 10.3. The fourth-order valence-electron chi connectivity index (χ4n) is 4.33. The molecule has 0 atom stereocenters. The van der Waals surface area contributed by atoms with Crippen LogP contribution in [0.15, 0.2) is 95.9 Å². The minimum atomic E-state index is -3.69. The van der Waals surface area contributed by atoms with Crippen LogP contribution in [0.1, 0.15) is 25.7 Å². The second-order valence-electron chi connectivity index (χ2n) is 8.75. The summed E-state index contributed by atoms with van der Waals surface area (Å²) in [6.45, 7) is 2.05. The van der Waals surface area contributed by atoms with Crippen molar-refractivity contribution in [1.82, 2.24) is 10.2 Å². The summed E-state index contributed by atoms with van der Waals surface area (Å²) in [4.78, 5) is 2.52. The maximum absolute atomic E-state index is 12.9. The monoisotopic (exact) mass is 484 g/mol. The molecule has 5 rings (SSSR count). The van der Waals surface area contributed by atoms with Gasteiger partial charge in [-0.2, -0.15) is 0 Å². The minimum Gasteiger partial charge on any atom is -0.355 e. The normalized spacial score (nSPS) is 14.3. The molecule has 35 heavy (non-hydrogen) atoms. The molecule has 1 saturated heterocycles. The Labute approximate surface area is 206 Å². The van der Waals surface area contributed by atoms with Gasteiger partial charge in [0.25, 0.3) is 10.0 Å². The number of sulfonamides is 1. The summed E-state index contributed by atoms with van der Waals surface area (Å²) in [5.41, 5.74) is 4.15. The van der Waals surface area contributed by atoms with Crippen molar-refractivity contribution >= 4 is 21.5 Å². The highest BCUT2D eigenvalue weighted by atomic mass is 32.2. The Hall–Kier alpha value is -3.71. The van der Waals surface area contributed by atoms with E-state index >= 15 is 0 Å². The summed E-state index contributed by atoms with van der Waals surface area (Å²) in [6, 6.07) is 27.9. The van der Waals surface area contributed by atoms with Gasteiger partial charge in [0.1, 0.15) is 0 Å². The lowest BCUT2D eigenvalue weighted by Gasteiger charge is -2.20. The quantitative estimate of drug-likeness (QED) is 0.364. The zero-order chi connectivity index (χ0) is 24.1. The van der Waals surface area contributed by atoms with Crippen LogP contribution in [0.3, 0.4) is 0 Å². The van der Waals surface area contributed by atoms with Gasteiger partial charge in [-0.05, 0) is 60.4 Å². The van der Waals surface area contributed by atoms with Crippen molar-refractivity contribution in [2.24, 2.45) is 0 Å². The molecule has 1 N–H and O–H groups in total. The summed E-state index contributed by atoms with van der Waals surface area (Å²) in [6.07, 6.45) is 4.93. The van der Waals surface area contributed by atoms with Crippen molar-refractivity contribution in [1.29, 1.82) is 0 Å². The highest BCUT2D eigenvalue weighted by Crippen LogP contribution is 2.25. The summed E-state index contributed by atoms with van der Waals surface area (Å²) in [7, 11) is -3.69. The molecule has 4 aromatic rings. The Kier molecular flexibility index (Phi) is 6.77. The molecule has 0 aliphatic carbocycles. The molecule has 7 heteroatoms. The third-order valence-corrected chi connectivity index (χ3v) is 7.68. The van der Waals surface area contributed by atoms with E-state index in [1.54, 1.807) is 24.3 Å². The molecule has 0 bridgehead atoms. The Morgan fingerprint density at radius 2 is 1.26 bits per heavy atom. The van der Waals surface area contributed by atoms with Gasteiger partial charge in [-0.3, -0.25) is 4.72 Å². The summed E-state index contributed by atoms with van der Waals surface area (Å²) in [5, 5.41) is 8.84. The van der Waals surface area contributed by atoms with Crippen LogP contribution in [0.2, 0.25) is 0 Å². The average Bonchev–Trinajstić information content (AvgIpc) is 3.20. The van der Waals surface area contributed by atoms with E-state index in [0.717, 1.165) is 41.3 Å². The van der Waals surface area contributed by atoms with Crippen LogP contribution in [-0.2, 0) is 10.0 Å². The number of nitrogens with one attached hydrogen (secondary N) is 1. The van der Waals surface area contributed by atoms with Crippen molar-refractivity contribution in [3.63, 3.8) is 0 Å². The van der Waals surface area contributed by atoms with Crippen LogP contribution < -0.4 is 9.62 Å². The zero-order valence-corrected chi connectivity index (χ0v) is 20.3. The van der Waals surface area contributed by atoms with Gasteiger partial charge >= 0.3 is 0 Å². The van der Waals surface area contributed by atoms with Gasteiger partial charge in [-0.1, -0.05) is 67.4 Å². The number of hydrogen-bond acceptors (Lipinski definition) is 5. The molecule has 2 heterocycles. The molecular formula is C28H28N4O2S. The van der Waals surface area contributed by atoms with Crippen molar-refractivity contribution < 1.29 is 8.42 Å². The van der Waals surface area contributed by atoms with Crippen molar-refractivity contribution in [2.75, 3.05) is 22.7 Å². The molecule has 0 amide bonds. The lowest BCUT2D eigenvalue weighted by atomic mass is 10.1. The van der Waals surface area contributed by atoms with Crippen molar-refractivity contribution in [2.45, 2.75) is 30.6 Å². The van der Waals surface area contributed by atoms with Crippen LogP contribution in [0.5, 0.6) is 0 Å². The van der Waals surface area contributed by atoms with E-state index < -0.39 is 10.0 Å². The maximum atomic E-state index is 12.9. The molecule has 1 fully saturated rings. The van der Waals surface area contributed by atoms with E-state index in [-0.39, 0.29) is 4.90 Å². The largest absolute Gasteiger partial charge is 0.355 e. The summed E-state index contributed by atoms with van der Waals surface area (Å²) >= 11 is 0. The fraction of sp³-hybridized carbons (Fsp3) is 0.214. The van der Waals surface area contributed by atoms with Gasteiger partial charge in [0.2, 0.25) is 0 Å². The van der Waals surface area contributed by atoms with Crippen molar-refractivity contribution in [3.05, 3.63) is 91.0 Å². The van der Waals surface area contributed by atoms with Crippen molar-refractivity contribution in [3.8, 4) is 22.4 Å². The molecule has 1 aliphatic heterocycles. The van der Waals surface area contributed by atoms with Gasteiger partial charge in [-0.25, -0.2) is 8.42 Å². The lowest BCUT2D eigenvalue weighted by molar-refractivity contribution is 0.601. The first-order valence-electron chi connectivity index (χ1n) is 12.0. The van der Waals surface area contributed by atoms with Gasteiger partial charge in [0.15, 0.2) is 5.82 Å². The summed E-state index contributed by atoms with van der Waals surface area (Å²) in [5.74, 6) is 0.915. The maximum Gasteiger partial charge on any atom is 0.261 e. The number of benzene rings is 3. The Bertz CT molecular complexity index is 1350. The first kappa shape index (κ1) is 23.1. The first-order chi connectivity index (χ1) is 17.1. The topological polar surface area (TPSA) is 75.2 Å². The van der Waals surface area contributed by atoms with Crippen LogP contribution in [0.4, 0.5) is 11.5 Å². The molecule has 0 radical (unpaired) electrons. The molecular weight excluding hydrogens is 456 g/mol. The second-order valence-corrected chi connectivity index (χ2v) is 10.4. The number of aromatic nitrogens is 2. The SMILES string of the molecule is O=S(=O)(Nc1ccc(-c2ccc(N3CCCCCC3)nn2)cc1)c1ccc(-c2ccccc2)cc1. The van der Waals surface area contributed by atoms with Gasteiger partial charge in [0.05, 0.1) is 10.6 Å². The molecule has 178 valence electrons. The number of anilines is 2. The Morgan fingerprint density at radius 1 is 0.629 bits per heavy atom.